The van der Waals surface area contributed by atoms with E-state index in [1.807, 2.05) is 11.9 Å². The van der Waals surface area contributed by atoms with Gasteiger partial charge in [-0.25, -0.2) is 0 Å². The van der Waals surface area contributed by atoms with Crippen molar-refractivity contribution in [2.24, 2.45) is 5.92 Å². The first kappa shape index (κ1) is 20.3. The summed E-state index contributed by atoms with van der Waals surface area (Å²) in [6, 6.07) is 0. The number of nitrogens with one attached hydrogen (secondary N) is 2. The van der Waals surface area contributed by atoms with E-state index in [0.717, 1.165) is 32.5 Å². The van der Waals surface area contributed by atoms with E-state index in [0.29, 0.717) is 18.9 Å². The van der Waals surface area contributed by atoms with Crippen LogP contribution < -0.4 is 10.6 Å². The second-order valence-corrected chi connectivity index (χ2v) is 6.14. The molecule has 1 rings (SSSR count). The van der Waals surface area contributed by atoms with Crippen LogP contribution >= 0.6 is 0 Å². The van der Waals surface area contributed by atoms with Crippen molar-refractivity contribution in [3.63, 3.8) is 0 Å². The Morgan fingerprint density at radius 2 is 1.87 bits per heavy atom. The van der Waals surface area contributed by atoms with Crippen molar-refractivity contribution >= 4 is 5.91 Å². The highest BCUT2D eigenvalue weighted by atomic mass is 16.4. The molecule has 8 nitrogen and oxygen atoms in total. The topological polar surface area (TPSA) is 125 Å². The fourth-order valence-corrected chi connectivity index (χ4v) is 2.76. The molecule has 1 aliphatic rings. The maximum atomic E-state index is 12.1. The Morgan fingerprint density at radius 1 is 1.22 bits per heavy atom. The molecule has 1 saturated heterocycles. The van der Waals surface area contributed by atoms with Crippen LogP contribution in [0.5, 0.6) is 0 Å². The summed E-state index contributed by atoms with van der Waals surface area (Å²) in [5, 5.41) is 43.1. The van der Waals surface area contributed by atoms with Gasteiger partial charge in [-0.2, -0.15) is 0 Å². The SMILES string of the molecule is CNCC1CCN(C(=O)CCNC[C@H](O)[C@@H](O)[C@H](O)CO)CC1. The number of hydrogen-bond donors (Lipinski definition) is 6. The molecular weight excluding hydrogens is 302 g/mol. The predicted octanol–water partition coefficient (Wildman–Crippen LogP) is -2.50. The third kappa shape index (κ3) is 7.11. The summed E-state index contributed by atoms with van der Waals surface area (Å²) in [5.74, 6) is 0.725. The lowest BCUT2D eigenvalue weighted by Crippen LogP contribution is -2.45. The highest BCUT2D eigenvalue weighted by Gasteiger charge is 2.24. The zero-order chi connectivity index (χ0) is 17.2. The third-order valence-electron chi connectivity index (χ3n) is 4.30. The van der Waals surface area contributed by atoms with Crippen LogP contribution in [-0.2, 0) is 4.79 Å². The van der Waals surface area contributed by atoms with Crippen molar-refractivity contribution in [2.45, 2.75) is 37.6 Å². The van der Waals surface area contributed by atoms with Gasteiger partial charge in [-0.05, 0) is 32.4 Å². The number of piperidine rings is 1. The number of aliphatic hydroxyl groups excluding tert-OH is 4. The highest BCUT2D eigenvalue weighted by molar-refractivity contribution is 5.76. The number of carbonyl (C=O) groups excluding carboxylic acids is 1. The van der Waals surface area contributed by atoms with Crippen LogP contribution in [0.3, 0.4) is 0 Å². The fourth-order valence-electron chi connectivity index (χ4n) is 2.76. The van der Waals surface area contributed by atoms with Crippen LogP contribution in [0.15, 0.2) is 0 Å². The highest BCUT2D eigenvalue weighted by Crippen LogP contribution is 2.16. The van der Waals surface area contributed by atoms with Crippen LogP contribution in [0, 0.1) is 5.92 Å². The minimum atomic E-state index is -1.41. The Morgan fingerprint density at radius 3 is 2.43 bits per heavy atom. The Labute approximate surface area is 137 Å². The molecule has 136 valence electrons. The van der Waals surface area contributed by atoms with E-state index in [4.69, 9.17) is 5.11 Å². The number of rotatable bonds is 10. The minimum Gasteiger partial charge on any atom is -0.394 e. The van der Waals surface area contributed by atoms with E-state index in [1.54, 1.807) is 0 Å². The van der Waals surface area contributed by atoms with Crippen LogP contribution in [0.2, 0.25) is 0 Å². The molecule has 0 aromatic heterocycles. The molecule has 1 amide bonds. The maximum Gasteiger partial charge on any atom is 0.223 e. The fraction of sp³-hybridized carbons (Fsp3) is 0.933. The largest absolute Gasteiger partial charge is 0.394 e. The first-order valence-corrected chi connectivity index (χ1v) is 8.27. The second-order valence-electron chi connectivity index (χ2n) is 6.14. The van der Waals surface area contributed by atoms with E-state index in [1.165, 1.54) is 0 Å². The van der Waals surface area contributed by atoms with Gasteiger partial charge in [0, 0.05) is 32.6 Å². The van der Waals surface area contributed by atoms with Gasteiger partial charge in [0.05, 0.1) is 12.7 Å². The summed E-state index contributed by atoms with van der Waals surface area (Å²) in [5.41, 5.74) is 0. The van der Waals surface area contributed by atoms with Crippen molar-refractivity contribution in [1.29, 1.82) is 0 Å². The zero-order valence-corrected chi connectivity index (χ0v) is 13.8. The standard InChI is InChI=1S/C15H31N3O5/c1-16-8-11-3-6-18(7-4-11)14(22)2-5-17-9-12(20)15(23)13(21)10-19/h11-13,15-17,19-21,23H,2-10H2,1H3/t12-,13+,15+/m0/s1. The molecule has 3 atom stereocenters. The molecule has 0 saturated carbocycles. The number of hydrogen-bond acceptors (Lipinski definition) is 7. The Bertz CT molecular complexity index is 337. The van der Waals surface area contributed by atoms with Crippen LogP contribution in [-0.4, -0.2) is 95.9 Å². The molecule has 6 N–H and O–H groups in total. The lowest BCUT2D eigenvalue weighted by atomic mass is 9.96. The van der Waals surface area contributed by atoms with Crippen molar-refractivity contribution < 1.29 is 25.2 Å². The van der Waals surface area contributed by atoms with Gasteiger partial charge < -0.3 is 36.0 Å². The van der Waals surface area contributed by atoms with E-state index in [-0.39, 0.29) is 12.5 Å². The van der Waals surface area contributed by atoms with Crippen molar-refractivity contribution in [3.05, 3.63) is 0 Å². The molecule has 0 aromatic rings. The molecule has 0 aromatic carbocycles. The summed E-state index contributed by atoms with van der Waals surface area (Å²) in [6.07, 6.45) is -1.60. The van der Waals surface area contributed by atoms with E-state index in [2.05, 4.69) is 10.6 Å². The van der Waals surface area contributed by atoms with Gasteiger partial charge in [-0.3, -0.25) is 4.79 Å². The molecule has 1 aliphatic heterocycles. The molecule has 0 unspecified atom stereocenters. The molecule has 0 aliphatic carbocycles. The van der Waals surface area contributed by atoms with Crippen molar-refractivity contribution in [2.75, 3.05) is 46.4 Å². The normalized spacial score (nSPS) is 20.3. The summed E-state index contributed by atoms with van der Waals surface area (Å²) in [4.78, 5) is 14.0. The quantitative estimate of drug-likeness (QED) is 0.244. The predicted molar refractivity (Wildman–Crippen MR) is 85.8 cm³/mol. The summed E-state index contributed by atoms with van der Waals surface area (Å²) in [7, 11) is 1.94. The van der Waals surface area contributed by atoms with Crippen LogP contribution in [0.1, 0.15) is 19.3 Å². The molecular formula is C15H31N3O5. The van der Waals surface area contributed by atoms with Gasteiger partial charge in [0.2, 0.25) is 5.91 Å². The molecule has 1 heterocycles. The Balaban J connectivity index is 2.15. The van der Waals surface area contributed by atoms with Crippen LogP contribution in [0.25, 0.3) is 0 Å². The van der Waals surface area contributed by atoms with E-state index < -0.39 is 24.9 Å². The van der Waals surface area contributed by atoms with Gasteiger partial charge in [0.1, 0.15) is 12.2 Å². The third-order valence-corrected chi connectivity index (χ3v) is 4.30. The van der Waals surface area contributed by atoms with E-state index in [9.17, 15) is 20.1 Å². The molecule has 0 bridgehead atoms. The molecule has 0 spiro atoms. The van der Waals surface area contributed by atoms with Gasteiger partial charge in [-0.1, -0.05) is 0 Å². The molecule has 1 fully saturated rings. The van der Waals surface area contributed by atoms with Crippen LogP contribution in [0.4, 0.5) is 0 Å². The lowest BCUT2D eigenvalue weighted by molar-refractivity contribution is -0.132. The van der Waals surface area contributed by atoms with Gasteiger partial charge in [-0.15, -0.1) is 0 Å². The minimum absolute atomic E-state index is 0.0513. The molecule has 8 heteroatoms. The lowest BCUT2D eigenvalue weighted by Gasteiger charge is -2.32. The summed E-state index contributed by atoms with van der Waals surface area (Å²) < 4.78 is 0. The maximum absolute atomic E-state index is 12.1. The number of carbonyl (C=O) groups is 1. The first-order chi connectivity index (χ1) is 11.0. The summed E-state index contributed by atoms with van der Waals surface area (Å²) >= 11 is 0. The molecule has 0 radical (unpaired) electrons. The van der Waals surface area contributed by atoms with E-state index >= 15 is 0 Å². The first-order valence-electron chi connectivity index (χ1n) is 8.27. The second kappa shape index (κ2) is 10.9. The van der Waals surface area contributed by atoms with Crippen molar-refractivity contribution in [1.82, 2.24) is 15.5 Å². The number of aliphatic hydroxyl groups is 4. The Kier molecular flexibility index (Phi) is 9.61. The number of amides is 1. The van der Waals surface area contributed by atoms with Gasteiger partial charge >= 0.3 is 0 Å². The monoisotopic (exact) mass is 333 g/mol. The molecule has 23 heavy (non-hydrogen) atoms. The smallest absolute Gasteiger partial charge is 0.223 e. The number of likely N-dealkylation sites (tertiary alicyclic amines) is 1. The zero-order valence-electron chi connectivity index (χ0n) is 13.8. The number of nitrogens with zero attached hydrogens (tertiary/aromatic N) is 1. The van der Waals surface area contributed by atoms with Gasteiger partial charge in [0.25, 0.3) is 0 Å². The van der Waals surface area contributed by atoms with Gasteiger partial charge in [0.15, 0.2) is 0 Å². The van der Waals surface area contributed by atoms with Crippen molar-refractivity contribution in [3.8, 4) is 0 Å². The Hall–Kier alpha value is -0.770. The average Bonchev–Trinajstić information content (AvgIpc) is 2.57. The average molecular weight is 333 g/mol. The summed E-state index contributed by atoms with van der Waals surface area (Å²) in [6.45, 7) is 2.40.